The zero-order chi connectivity index (χ0) is 14.6. The molecular weight excluding hydrogens is 285 g/mol. The lowest BCUT2D eigenvalue weighted by Gasteiger charge is -2.16. The van der Waals surface area contributed by atoms with Gasteiger partial charge in [-0.05, 0) is 18.4 Å². The number of rotatable bonds is 4. The first-order valence-corrected chi connectivity index (χ1v) is 6.02. The molecule has 0 bridgehead atoms. The summed E-state index contributed by atoms with van der Waals surface area (Å²) in [6, 6.07) is -0.683. The molecule has 0 saturated heterocycles. The van der Waals surface area contributed by atoms with E-state index in [0.717, 1.165) is 11.3 Å². The molecule has 1 aromatic heterocycles. The molecule has 1 aromatic rings. The molecule has 0 saturated carbocycles. The summed E-state index contributed by atoms with van der Waals surface area (Å²) < 4.78 is 36.2. The monoisotopic (exact) mass is 296 g/mol. The number of amides is 2. The third kappa shape index (κ3) is 5.16. The first-order valence-electron chi connectivity index (χ1n) is 5.14. The molecule has 0 aromatic carbocycles. The number of carboxylic acid groups (broad SMARTS) is 1. The molecule has 0 spiro atoms. The van der Waals surface area contributed by atoms with Crippen LogP contribution in [-0.4, -0.2) is 29.3 Å². The predicted octanol–water partition coefficient (Wildman–Crippen LogP) is 2.91. The summed E-state index contributed by atoms with van der Waals surface area (Å²) in [5, 5.41) is 14.6. The van der Waals surface area contributed by atoms with Crippen molar-refractivity contribution in [3.05, 3.63) is 17.0 Å². The first kappa shape index (κ1) is 15.3. The van der Waals surface area contributed by atoms with E-state index in [2.05, 4.69) is 10.6 Å². The Balaban J connectivity index is 2.56. The van der Waals surface area contributed by atoms with Gasteiger partial charge >= 0.3 is 18.2 Å². The van der Waals surface area contributed by atoms with Crippen molar-refractivity contribution in [2.24, 2.45) is 0 Å². The maximum absolute atomic E-state index is 12.1. The Kier molecular flexibility index (Phi) is 4.76. The van der Waals surface area contributed by atoms with Crippen LogP contribution in [0.25, 0.3) is 0 Å². The Morgan fingerprint density at radius 1 is 1.47 bits per heavy atom. The van der Waals surface area contributed by atoms with E-state index in [1.807, 2.05) is 0 Å². The fraction of sp³-hybridized carbons (Fsp3) is 0.400. The molecular formula is C10H11F3N2O3S. The summed E-state index contributed by atoms with van der Waals surface area (Å²) >= 11 is 0.971. The van der Waals surface area contributed by atoms with E-state index in [0.29, 0.717) is 0 Å². The quantitative estimate of drug-likeness (QED) is 0.799. The van der Waals surface area contributed by atoms with Crippen LogP contribution in [0.4, 0.5) is 23.0 Å². The highest BCUT2D eigenvalue weighted by atomic mass is 32.1. The van der Waals surface area contributed by atoms with Crippen molar-refractivity contribution in [1.29, 1.82) is 0 Å². The van der Waals surface area contributed by atoms with Crippen molar-refractivity contribution in [3.8, 4) is 0 Å². The van der Waals surface area contributed by atoms with E-state index in [1.54, 1.807) is 0 Å². The van der Waals surface area contributed by atoms with Crippen LogP contribution in [0.3, 0.4) is 0 Å². The van der Waals surface area contributed by atoms with Crippen LogP contribution >= 0.6 is 11.3 Å². The van der Waals surface area contributed by atoms with Gasteiger partial charge in [-0.15, -0.1) is 11.3 Å². The third-order valence-electron chi connectivity index (χ3n) is 2.04. The van der Waals surface area contributed by atoms with Crippen LogP contribution in [0, 0.1) is 0 Å². The molecule has 0 aliphatic heterocycles. The van der Waals surface area contributed by atoms with Crippen molar-refractivity contribution in [1.82, 2.24) is 5.32 Å². The first-order chi connectivity index (χ1) is 8.69. The summed E-state index contributed by atoms with van der Waals surface area (Å²) in [4.78, 5) is 22.2. The van der Waals surface area contributed by atoms with Crippen LogP contribution in [0.5, 0.6) is 0 Å². The van der Waals surface area contributed by atoms with E-state index in [-0.39, 0.29) is 10.6 Å². The van der Waals surface area contributed by atoms with E-state index in [4.69, 9.17) is 5.11 Å². The van der Waals surface area contributed by atoms with Crippen LogP contribution < -0.4 is 10.6 Å². The highest BCUT2D eigenvalue weighted by molar-refractivity contribution is 7.14. The number of hydrogen-bond acceptors (Lipinski definition) is 3. The minimum Gasteiger partial charge on any atom is -0.478 e. The van der Waals surface area contributed by atoms with Gasteiger partial charge in [-0.2, -0.15) is 13.2 Å². The lowest BCUT2D eigenvalue weighted by Crippen LogP contribution is -2.38. The molecule has 5 nitrogen and oxygen atoms in total. The molecule has 0 radical (unpaired) electrons. The highest BCUT2D eigenvalue weighted by Crippen LogP contribution is 2.24. The number of carbonyl (C=O) groups excluding carboxylic acids is 1. The number of thiophene rings is 1. The Labute approximate surface area is 110 Å². The van der Waals surface area contributed by atoms with E-state index >= 15 is 0 Å². The SMILES string of the molecule is CC(CC(F)(F)F)NC(=O)Nc1sccc1C(=O)O. The second-order valence-corrected chi connectivity index (χ2v) is 4.70. The van der Waals surface area contributed by atoms with Crippen LogP contribution in [-0.2, 0) is 0 Å². The largest absolute Gasteiger partial charge is 0.478 e. The molecule has 0 aliphatic carbocycles. The van der Waals surface area contributed by atoms with Gasteiger partial charge < -0.3 is 10.4 Å². The smallest absolute Gasteiger partial charge is 0.391 e. The summed E-state index contributed by atoms with van der Waals surface area (Å²) in [6.45, 7) is 1.21. The number of carboxylic acids is 1. The van der Waals surface area contributed by atoms with Crippen molar-refractivity contribution in [2.75, 3.05) is 5.32 Å². The zero-order valence-electron chi connectivity index (χ0n) is 9.75. The van der Waals surface area contributed by atoms with Gasteiger partial charge in [0.15, 0.2) is 0 Å². The number of nitrogens with one attached hydrogen (secondary N) is 2. The summed E-state index contributed by atoms with van der Waals surface area (Å²) in [6.07, 6.45) is -5.53. The van der Waals surface area contributed by atoms with E-state index in [1.165, 1.54) is 18.4 Å². The Morgan fingerprint density at radius 2 is 2.11 bits per heavy atom. The van der Waals surface area contributed by atoms with Crippen molar-refractivity contribution >= 4 is 28.3 Å². The van der Waals surface area contributed by atoms with Gasteiger partial charge in [-0.25, -0.2) is 9.59 Å². The molecule has 0 aliphatic rings. The van der Waals surface area contributed by atoms with Gasteiger partial charge in [0.2, 0.25) is 0 Å². The van der Waals surface area contributed by atoms with Gasteiger partial charge in [0, 0.05) is 6.04 Å². The van der Waals surface area contributed by atoms with Crippen molar-refractivity contribution in [2.45, 2.75) is 25.6 Å². The lowest BCUT2D eigenvalue weighted by atomic mass is 10.2. The van der Waals surface area contributed by atoms with E-state index < -0.39 is 30.6 Å². The molecule has 9 heteroatoms. The second kappa shape index (κ2) is 5.91. The average molecular weight is 296 g/mol. The van der Waals surface area contributed by atoms with Gasteiger partial charge in [0.25, 0.3) is 0 Å². The predicted molar refractivity (Wildman–Crippen MR) is 63.6 cm³/mol. The fourth-order valence-corrected chi connectivity index (χ4v) is 2.11. The lowest BCUT2D eigenvalue weighted by molar-refractivity contribution is -0.138. The minimum atomic E-state index is -4.37. The topological polar surface area (TPSA) is 78.4 Å². The molecule has 3 N–H and O–H groups in total. The van der Waals surface area contributed by atoms with Crippen LogP contribution in [0.15, 0.2) is 11.4 Å². The van der Waals surface area contributed by atoms with Crippen molar-refractivity contribution in [3.63, 3.8) is 0 Å². The normalized spacial score (nSPS) is 12.8. The maximum atomic E-state index is 12.1. The fourth-order valence-electron chi connectivity index (χ4n) is 1.34. The molecule has 1 atom stereocenters. The number of carbonyl (C=O) groups is 2. The number of urea groups is 1. The summed E-state index contributed by atoms with van der Waals surface area (Å²) in [5.74, 6) is -1.22. The van der Waals surface area contributed by atoms with E-state index in [9.17, 15) is 22.8 Å². The molecule has 106 valence electrons. The van der Waals surface area contributed by atoms with Gasteiger partial charge in [-0.1, -0.05) is 0 Å². The molecule has 1 unspecified atom stereocenters. The Bertz CT molecular complexity index is 473. The number of halogens is 3. The second-order valence-electron chi connectivity index (χ2n) is 3.79. The zero-order valence-corrected chi connectivity index (χ0v) is 10.6. The van der Waals surface area contributed by atoms with Crippen molar-refractivity contribution < 1.29 is 27.9 Å². The number of alkyl halides is 3. The molecule has 2 amide bonds. The molecule has 19 heavy (non-hydrogen) atoms. The molecule has 1 rings (SSSR count). The van der Waals surface area contributed by atoms with Gasteiger partial charge in [-0.3, -0.25) is 5.32 Å². The van der Waals surface area contributed by atoms with Gasteiger partial charge in [0.05, 0.1) is 12.0 Å². The number of aromatic carboxylic acids is 1. The standard InChI is InChI=1S/C10H11F3N2O3S/c1-5(4-10(11,12)13)14-9(18)15-7-6(8(16)17)2-3-19-7/h2-3,5H,4H2,1H3,(H,16,17)(H2,14,15,18). The third-order valence-corrected chi connectivity index (χ3v) is 2.87. The Morgan fingerprint density at radius 3 is 2.63 bits per heavy atom. The summed E-state index contributed by atoms with van der Waals surface area (Å²) in [7, 11) is 0. The summed E-state index contributed by atoms with van der Waals surface area (Å²) in [5.41, 5.74) is -0.108. The van der Waals surface area contributed by atoms with Crippen LogP contribution in [0.2, 0.25) is 0 Å². The molecule has 1 heterocycles. The highest BCUT2D eigenvalue weighted by Gasteiger charge is 2.30. The Hall–Kier alpha value is -1.77. The average Bonchev–Trinajstić information content (AvgIpc) is 2.61. The molecule has 0 fully saturated rings. The maximum Gasteiger partial charge on any atom is 0.391 e. The minimum absolute atomic E-state index is 0.0733. The van der Waals surface area contributed by atoms with Crippen LogP contribution in [0.1, 0.15) is 23.7 Å². The number of hydrogen-bond donors (Lipinski definition) is 3. The number of anilines is 1. The van der Waals surface area contributed by atoms with Gasteiger partial charge in [0.1, 0.15) is 5.00 Å².